The van der Waals surface area contributed by atoms with Crippen LogP contribution in [0, 0.1) is 16.7 Å². The first-order valence-corrected chi connectivity index (χ1v) is 13.5. The molecule has 0 aromatic rings. The maximum absolute atomic E-state index is 13.4. The van der Waals surface area contributed by atoms with E-state index in [9.17, 15) is 14.2 Å². The van der Waals surface area contributed by atoms with Gasteiger partial charge in [-0.15, -0.1) is 0 Å². The Morgan fingerprint density at radius 3 is 1.90 bits per heavy atom. The molecule has 0 aromatic carbocycles. The maximum Gasteiger partial charge on any atom is 0.392 e. The van der Waals surface area contributed by atoms with E-state index in [2.05, 4.69) is 10.6 Å². The minimum Gasteiger partial charge on any atom is -0.463 e. The standard InChI is InChI=1S/C20H41N2O7PS/c1-15(28-18(24)20(5,6)7)29-30(25,31-14-16(12-21-8)13-22-9)27-11-10-26-17(23)19(2,3)4/h15-16,21-22H,10-14H2,1-9H3. The number of esters is 2. The predicted molar refractivity (Wildman–Crippen MR) is 124 cm³/mol. The van der Waals surface area contributed by atoms with Gasteiger partial charge >= 0.3 is 18.7 Å². The summed E-state index contributed by atoms with van der Waals surface area (Å²) in [6, 6.07) is 0. The molecule has 0 aliphatic rings. The average molecular weight is 485 g/mol. The van der Waals surface area contributed by atoms with Gasteiger partial charge in [-0.25, -0.2) is 4.57 Å². The van der Waals surface area contributed by atoms with E-state index in [1.807, 2.05) is 14.1 Å². The number of ether oxygens (including phenoxy) is 2. The highest BCUT2D eigenvalue weighted by atomic mass is 32.7. The molecule has 0 bridgehead atoms. The van der Waals surface area contributed by atoms with Crippen LogP contribution in [-0.2, 0) is 32.7 Å². The molecule has 184 valence electrons. The zero-order valence-corrected chi connectivity index (χ0v) is 22.1. The molecule has 11 heteroatoms. The summed E-state index contributed by atoms with van der Waals surface area (Å²) in [6.45, 7) is 9.46. The normalized spacial score (nSPS) is 15.4. The van der Waals surface area contributed by atoms with Crippen LogP contribution in [0.5, 0.6) is 0 Å². The molecule has 2 N–H and O–H groups in total. The second-order valence-corrected chi connectivity index (χ2v) is 13.3. The van der Waals surface area contributed by atoms with Crippen LogP contribution in [0.1, 0.15) is 48.5 Å². The lowest BCUT2D eigenvalue weighted by molar-refractivity contribution is -0.171. The largest absolute Gasteiger partial charge is 0.463 e. The molecular formula is C20H41N2O7PS. The van der Waals surface area contributed by atoms with E-state index in [0.717, 1.165) is 11.4 Å². The first kappa shape index (κ1) is 30.4. The van der Waals surface area contributed by atoms with E-state index >= 15 is 0 Å². The van der Waals surface area contributed by atoms with Crippen molar-refractivity contribution in [1.29, 1.82) is 0 Å². The average Bonchev–Trinajstić information content (AvgIpc) is 2.62. The number of hydrogen-bond acceptors (Lipinski definition) is 10. The molecular weight excluding hydrogens is 443 g/mol. The topological polar surface area (TPSA) is 112 Å². The van der Waals surface area contributed by atoms with Crippen molar-refractivity contribution in [2.24, 2.45) is 16.7 Å². The Morgan fingerprint density at radius 2 is 1.45 bits per heavy atom. The van der Waals surface area contributed by atoms with Gasteiger partial charge in [0.1, 0.15) is 6.61 Å². The predicted octanol–water partition coefficient (Wildman–Crippen LogP) is 3.44. The number of carbonyl (C=O) groups excluding carboxylic acids is 2. The summed E-state index contributed by atoms with van der Waals surface area (Å²) in [4.78, 5) is 24.0. The van der Waals surface area contributed by atoms with Crippen molar-refractivity contribution in [3.8, 4) is 0 Å². The van der Waals surface area contributed by atoms with E-state index in [-0.39, 0.29) is 25.1 Å². The molecule has 2 atom stereocenters. The lowest BCUT2D eigenvalue weighted by atomic mass is 9.97. The second kappa shape index (κ2) is 13.8. The molecule has 0 radical (unpaired) electrons. The molecule has 0 rings (SSSR count). The Morgan fingerprint density at radius 1 is 0.935 bits per heavy atom. The summed E-state index contributed by atoms with van der Waals surface area (Å²) in [6.07, 6.45) is -1.06. The molecule has 0 fully saturated rings. The Labute approximate surface area is 191 Å². The van der Waals surface area contributed by atoms with Gasteiger partial charge in [0.05, 0.1) is 17.4 Å². The van der Waals surface area contributed by atoms with E-state index in [4.69, 9.17) is 18.5 Å². The first-order valence-electron chi connectivity index (χ1n) is 10.4. The minimum absolute atomic E-state index is 0.0589. The Balaban J connectivity index is 5.07. The van der Waals surface area contributed by atoms with E-state index in [0.29, 0.717) is 18.8 Å². The van der Waals surface area contributed by atoms with Crippen molar-refractivity contribution in [3.63, 3.8) is 0 Å². The number of rotatable bonds is 14. The van der Waals surface area contributed by atoms with Gasteiger partial charge in [0.25, 0.3) is 0 Å². The van der Waals surface area contributed by atoms with Crippen LogP contribution in [0.15, 0.2) is 0 Å². The van der Waals surface area contributed by atoms with Crippen molar-refractivity contribution >= 4 is 30.1 Å². The molecule has 0 spiro atoms. The zero-order valence-electron chi connectivity index (χ0n) is 20.4. The molecule has 0 heterocycles. The maximum atomic E-state index is 13.4. The lowest BCUT2D eigenvalue weighted by Crippen LogP contribution is -2.30. The zero-order chi connectivity index (χ0) is 24.3. The number of nitrogens with one attached hydrogen (secondary N) is 2. The van der Waals surface area contributed by atoms with Crippen LogP contribution in [0.4, 0.5) is 0 Å². The van der Waals surface area contributed by atoms with Crippen molar-refractivity contribution in [2.45, 2.75) is 54.8 Å². The molecule has 0 aliphatic heterocycles. The van der Waals surface area contributed by atoms with Crippen LogP contribution < -0.4 is 10.6 Å². The van der Waals surface area contributed by atoms with Crippen LogP contribution in [0.3, 0.4) is 0 Å². The van der Waals surface area contributed by atoms with Gasteiger partial charge in [-0.05, 0) is 93.0 Å². The number of hydrogen-bond donors (Lipinski definition) is 2. The highest BCUT2D eigenvalue weighted by Crippen LogP contribution is 2.61. The summed E-state index contributed by atoms with van der Waals surface area (Å²) < 4.78 is 34.9. The van der Waals surface area contributed by atoms with Gasteiger partial charge < -0.3 is 20.1 Å². The van der Waals surface area contributed by atoms with Crippen LogP contribution in [0.2, 0.25) is 0 Å². The van der Waals surface area contributed by atoms with E-state index in [1.165, 1.54) is 6.92 Å². The minimum atomic E-state index is -3.69. The van der Waals surface area contributed by atoms with Crippen LogP contribution in [0.25, 0.3) is 0 Å². The van der Waals surface area contributed by atoms with Gasteiger partial charge in [-0.3, -0.25) is 18.6 Å². The quantitative estimate of drug-likeness (QED) is 0.165. The summed E-state index contributed by atoms with van der Waals surface area (Å²) in [5.41, 5.74) is -1.36. The number of carbonyl (C=O) groups is 2. The SMILES string of the molecule is CNCC(CNC)CSP(=O)(OCCOC(=O)C(C)(C)C)OC(C)OC(=O)C(C)(C)C. The molecule has 0 aromatic heterocycles. The van der Waals surface area contributed by atoms with Crippen molar-refractivity contribution in [1.82, 2.24) is 10.6 Å². The van der Waals surface area contributed by atoms with Gasteiger partial charge in [0.15, 0.2) is 0 Å². The van der Waals surface area contributed by atoms with Gasteiger partial charge in [0, 0.05) is 5.75 Å². The molecule has 2 unspecified atom stereocenters. The molecule has 0 aliphatic carbocycles. The van der Waals surface area contributed by atoms with Gasteiger partial charge in [0.2, 0.25) is 6.29 Å². The van der Waals surface area contributed by atoms with E-state index in [1.54, 1.807) is 41.5 Å². The summed E-state index contributed by atoms with van der Waals surface area (Å²) in [5, 5.41) is 6.20. The molecule has 0 saturated carbocycles. The smallest absolute Gasteiger partial charge is 0.392 e. The fourth-order valence-electron chi connectivity index (χ4n) is 2.09. The summed E-state index contributed by atoms with van der Waals surface area (Å²) >= 11 is 1.04. The molecule has 31 heavy (non-hydrogen) atoms. The van der Waals surface area contributed by atoms with Crippen LogP contribution >= 0.6 is 18.2 Å². The van der Waals surface area contributed by atoms with Gasteiger partial charge in [-0.1, -0.05) is 0 Å². The van der Waals surface area contributed by atoms with Crippen LogP contribution in [-0.4, -0.2) is 64.4 Å². The monoisotopic (exact) mass is 484 g/mol. The van der Waals surface area contributed by atoms with Crippen molar-refractivity contribution < 1.29 is 32.7 Å². The first-order chi connectivity index (χ1) is 14.1. The Kier molecular flexibility index (Phi) is 13.5. The Hall–Kier alpha value is -0.640. The highest BCUT2D eigenvalue weighted by Gasteiger charge is 2.33. The fourth-order valence-corrected chi connectivity index (χ4v) is 5.80. The van der Waals surface area contributed by atoms with Crippen molar-refractivity contribution in [3.05, 3.63) is 0 Å². The molecule has 9 nitrogen and oxygen atoms in total. The third-order valence-corrected chi connectivity index (χ3v) is 7.76. The third-order valence-electron chi connectivity index (χ3n) is 3.80. The fraction of sp³-hybridized carbons (Fsp3) is 0.900. The van der Waals surface area contributed by atoms with E-state index < -0.39 is 29.9 Å². The van der Waals surface area contributed by atoms with Crippen molar-refractivity contribution in [2.75, 3.05) is 46.2 Å². The molecule has 0 amide bonds. The van der Waals surface area contributed by atoms with Gasteiger partial charge in [-0.2, -0.15) is 0 Å². The lowest BCUT2D eigenvalue weighted by Gasteiger charge is -2.26. The molecule has 0 saturated heterocycles. The third kappa shape index (κ3) is 13.5. The Bertz CT molecular complexity index is 599. The second-order valence-electron chi connectivity index (χ2n) is 9.27. The summed E-state index contributed by atoms with van der Waals surface area (Å²) in [7, 11) is 3.69. The summed E-state index contributed by atoms with van der Waals surface area (Å²) in [5.74, 6) is -0.193. The highest BCUT2D eigenvalue weighted by molar-refractivity contribution is 8.55.